The summed E-state index contributed by atoms with van der Waals surface area (Å²) in [6.45, 7) is 0. The molecule has 0 atom stereocenters. The van der Waals surface area contributed by atoms with Crippen molar-refractivity contribution in [3.8, 4) is 22.3 Å². The minimum Gasteiger partial charge on any atom is -0.135 e. The Morgan fingerprint density at radius 2 is 0.750 bits per heavy atom. The summed E-state index contributed by atoms with van der Waals surface area (Å²) in [6.07, 6.45) is 0. The lowest BCUT2D eigenvalue weighted by Gasteiger charge is -2.18. The zero-order valence-corrected chi connectivity index (χ0v) is 27.5. The van der Waals surface area contributed by atoms with Crippen molar-refractivity contribution in [3.05, 3.63) is 158 Å². The Kier molecular flexibility index (Phi) is 5.51. The van der Waals surface area contributed by atoms with Crippen LogP contribution in [-0.4, -0.2) is 0 Å². The van der Waals surface area contributed by atoms with E-state index in [1.165, 1.54) is 106 Å². The van der Waals surface area contributed by atoms with E-state index in [1.807, 2.05) is 22.7 Å². The third-order valence-electron chi connectivity index (χ3n) is 10.2. The first-order chi connectivity index (χ1) is 23.8. The fourth-order valence-corrected chi connectivity index (χ4v) is 10.4. The molecule has 0 nitrogen and oxygen atoms in total. The molecule has 0 aliphatic carbocycles. The monoisotopic (exact) mass is 642 g/mol. The molecule has 9 aromatic carbocycles. The molecule has 0 aliphatic rings. The van der Waals surface area contributed by atoms with Gasteiger partial charge in [-0.3, -0.25) is 0 Å². The zero-order chi connectivity index (χ0) is 31.3. The number of hydrogen-bond acceptors (Lipinski definition) is 2. The van der Waals surface area contributed by atoms with Crippen LogP contribution in [0.25, 0.3) is 106 Å². The molecule has 0 amide bonds. The van der Waals surface area contributed by atoms with Gasteiger partial charge in [0.15, 0.2) is 0 Å². The molecule has 0 spiro atoms. The Morgan fingerprint density at radius 3 is 1.46 bits per heavy atom. The molecule has 0 fully saturated rings. The number of fused-ring (bicyclic) bond motifs is 11. The molecule has 0 saturated carbocycles. The van der Waals surface area contributed by atoms with Gasteiger partial charge in [-0.25, -0.2) is 0 Å². The summed E-state index contributed by atoms with van der Waals surface area (Å²) >= 11 is 3.84. The lowest BCUT2D eigenvalue weighted by Crippen LogP contribution is -1.90. The van der Waals surface area contributed by atoms with E-state index >= 15 is 0 Å². The van der Waals surface area contributed by atoms with Crippen LogP contribution in [0.3, 0.4) is 0 Å². The number of benzene rings is 9. The molecule has 0 bridgehead atoms. The van der Waals surface area contributed by atoms with E-state index in [-0.39, 0.29) is 0 Å². The number of thiophene rings is 2. The fourth-order valence-electron chi connectivity index (χ4n) is 8.02. The Hall–Kier alpha value is -5.54. The van der Waals surface area contributed by atoms with Crippen molar-refractivity contribution in [2.75, 3.05) is 0 Å². The Labute approximate surface area is 284 Å². The molecule has 11 aromatic rings. The van der Waals surface area contributed by atoms with E-state index in [9.17, 15) is 0 Å². The quantitative estimate of drug-likeness (QED) is 0.165. The van der Waals surface area contributed by atoms with Crippen LogP contribution in [0.5, 0.6) is 0 Å². The van der Waals surface area contributed by atoms with Gasteiger partial charge in [0.2, 0.25) is 0 Å². The van der Waals surface area contributed by atoms with Crippen molar-refractivity contribution < 1.29 is 0 Å². The van der Waals surface area contributed by atoms with Crippen LogP contribution in [0.1, 0.15) is 0 Å². The van der Waals surface area contributed by atoms with Gasteiger partial charge >= 0.3 is 0 Å². The summed E-state index contributed by atoms with van der Waals surface area (Å²) in [5.74, 6) is 0. The van der Waals surface area contributed by atoms with E-state index in [0.29, 0.717) is 0 Å². The topological polar surface area (TPSA) is 0 Å². The largest absolute Gasteiger partial charge is 0.135 e. The fraction of sp³-hybridized carbons (Fsp3) is 0. The summed E-state index contributed by atoms with van der Waals surface area (Å²) in [7, 11) is 0. The van der Waals surface area contributed by atoms with E-state index in [2.05, 4.69) is 158 Å². The summed E-state index contributed by atoms with van der Waals surface area (Å²) in [4.78, 5) is 0. The first-order valence-electron chi connectivity index (χ1n) is 16.4. The second kappa shape index (κ2) is 9.98. The van der Waals surface area contributed by atoms with E-state index < -0.39 is 0 Å². The van der Waals surface area contributed by atoms with Crippen LogP contribution in [0.15, 0.2) is 158 Å². The first-order valence-corrected chi connectivity index (χ1v) is 18.1. The summed E-state index contributed by atoms with van der Waals surface area (Å²) in [5.41, 5.74) is 5.14. The van der Waals surface area contributed by atoms with Gasteiger partial charge in [-0.1, -0.05) is 133 Å². The Morgan fingerprint density at radius 1 is 0.271 bits per heavy atom. The normalized spacial score (nSPS) is 12.2. The maximum atomic E-state index is 2.44. The molecule has 0 aliphatic heterocycles. The second-order valence-electron chi connectivity index (χ2n) is 12.8. The van der Waals surface area contributed by atoms with Gasteiger partial charge < -0.3 is 0 Å². The highest BCUT2D eigenvalue weighted by molar-refractivity contribution is 7.28. The minimum atomic E-state index is 1.26. The van der Waals surface area contributed by atoms with Gasteiger partial charge in [-0.05, 0) is 89.6 Å². The van der Waals surface area contributed by atoms with Crippen molar-refractivity contribution in [2.24, 2.45) is 0 Å². The molecule has 2 heterocycles. The standard InChI is InChI=1S/C46H26S2/c1-2-11-29-23-30(18-17-27(29)9-1)44-34-13-5-7-15-36(34)45(37-16-8-6-14-35(37)44)31-20-21-33-39-25-43-40(26-42(39)47-41(33)24-31)38-22-19-28-10-3-4-12-32(28)46(38)48-43/h1-26H. The molecular weight excluding hydrogens is 617 g/mol. The first kappa shape index (κ1) is 26.5. The third kappa shape index (κ3) is 3.76. The van der Waals surface area contributed by atoms with E-state index in [1.54, 1.807) is 0 Å². The molecule has 48 heavy (non-hydrogen) atoms. The summed E-state index contributed by atoms with van der Waals surface area (Å²) in [5, 5.41) is 15.8. The van der Waals surface area contributed by atoms with Gasteiger partial charge in [0, 0.05) is 40.3 Å². The molecule has 0 unspecified atom stereocenters. The highest BCUT2D eigenvalue weighted by atomic mass is 32.1. The molecule has 0 saturated heterocycles. The molecule has 2 heteroatoms. The van der Waals surface area contributed by atoms with Crippen LogP contribution < -0.4 is 0 Å². The molecule has 0 N–H and O–H groups in total. The third-order valence-corrected chi connectivity index (χ3v) is 12.5. The Bertz CT molecular complexity index is 3060. The highest BCUT2D eigenvalue weighted by Gasteiger charge is 2.18. The Balaban J connectivity index is 1.14. The van der Waals surface area contributed by atoms with Crippen molar-refractivity contribution in [2.45, 2.75) is 0 Å². The average molecular weight is 643 g/mol. The van der Waals surface area contributed by atoms with Crippen molar-refractivity contribution in [1.29, 1.82) is 0 Å². The molecule has 2 aromatic heterocycles. The van der Waals surface area contributed by atoms with Crippen molar-refractivity contribution in [1.82, 2.24) is 0 Å². The number of hydrogen-bond donors (Lipinski definition) is 0. The molecule has 222 valence electrons. The van der Waals surface area contributed by atoms with Gasteiger partial charge in [-0.2, -0.15) is 0 Å². The lowest BCUT2D eigenvalue weighted by molar-refractivity contribution is 1.69. The van der Waals surface area contributed by atoms with Crippen LogP contribution in [-0.2, 0) is 0 Å². The van der Waals surface area contributed by atoms with Crippen molar-refractivity contribution >= 4 is 106 Å². The lowest BCUT2D eigenvalue weighted by atomic mass is 9.85. The zero-order valence-electron chi connectivity index (χ0n) is 25.8. The van der Waals surface area contributed by atoms with Crippen LogP contribution in [0.4, 0.5) is 0 Å². The predicted molar refractivity (Wildman–Crippen MR) is 213 cm³/mol. The summed E-state index contributed by atoms with van der Waals surface area (Å²) in [6, 6.07) is 58.8. The van der Waals surface area contributed by atoms with Gasteiger partial charge in [-0.15, -0.1) is 22.7 Å². The SMILES string of the molecule is c1ccc2cc(-c3c4ccccc4c(-c4ccc5c(c4)sc4cc6c(cc45)sc4c5ccccc5ccc64)c4ccccc34)ccc2c1. The molecular formula is C46H26S2. The summed E-state index contributed by atoms with van der Waals surface area (Å²) < 4.78 is 5.43. The van der Waals surface area contributed by atoms with Gasteiger partial charge in [0.25, 0.3) is 0 Å². The maximum Gasteiger partial charge on any atom is 0.0433 e. The van der Waals surface area contributed by atoms with Gasteiger partial charge in [0.1, 0.15) is 0 Å². The predicted octanol–water partition coefficient (Wildman–Crippen LogP) is 14.4. The van der Waals surface area contributed by atoms with Gasteiger partial charge in [0.05, 0.1) is 0 Å². The van der Waals surface area contributed by atoms with Crippen molar-refractivity contribution in [3.63, 3.8) is 0 Å². The van der Waals surface area contributed by atoms with E-state index in [0.717, 1.165) is 0 Å². The maximum absolute atomic E-state index is 2.44. The van der Waals surface area contributed by atoms with Crippen LogP contribution in [0.2, 0.25) is 0 Å². The van der Waals surface area contributed by atoms with Crippen LogP contribution >= 0.6 is 22.7 Å². The molecule has 0 radical (unpaired) electrons. The highest BCUT2D eigenvalue weighted by Crippen LogP contribution is 2.47. The average Bonchev–Trinajstić information content (AvgIpc) is 3.69. The van der Waals surface area contributed by atoms with E-state index in [4.69, 9.17) is 0 Å². The molecule has 11 rings (SSSR count). The van der Waals surface area contributed by atoms with Crippen LogP contribution in [0, 0.1) is 0 Å². The smallest absolute Gasteiger partial charge is 0.0433 e. The number of rotatable bonds is 2. The minimum absolute atomic E-state index is 1.26. The second-order valence-corrected chi connectivity index (χ2v) is 15.0.